The van der Waals surface area contributed by atoms with Gasteiger partial charge in [-0.25, -0.2) is 8.78 Å². The third-order valence-corrected chi connectivity index (χ3v) is 5.39. The summed E-state index contributed by atoms with van der Waals surface area (Å²) in [5.41, 5.74) is 1.87. The van der Waals surface area contributed by atoms with Gasteiger partial charge in [-0.15, -0.1) is 0 Å². The Morgan fingerprint density at radius 1 is 1.00 bits per heavy atom. The normalized spacial score (nSPS) is 13.9. The number of ether oxygens (including phenoxy) is 1. The van der Waals surface area contributed by atoms with Crippen molar-refractivity contribution in [2.75, 3.05) is 38.2 Å². The van der Waals surface area contributed by atoms with E-state index in [2.05, 4.69) is 9.97 Å². The Kier molecular flexibility index (Phi) is 5.79. The molecule has 0 atom stereocenters. The van der Waals surface area contributed by atoms with Crippen LogP contribution in [0.4, 0.5) is 14.6 Å². The molecule has 2 heterocycles. The first-order valence-electron chi connectivity index (χ1n) is 9.92. The van der Waals surface area contributed by atoms with Crippen LogP contribution in [-0.2, 0) is 0 Å². The van der Waals surface area contributed by atoms with E-state index in [1.165, 1.54) is 31.5 Å². The maximum absolute atomic E-state index is 14.8. The fraction of sp³-hybridized carbons (Fsp3) is 0.261. The molecular weight excluding hydrogens is 402 g/mol. The van der Waals surface area contributed by atoms with Gasteiger partial charge in [0, 0.05) is 37.3 Å². The number of aromatic nitrogens is 2. The van der Waals surface area contributed by atoms with Gasteiger partial charge < -0.3 is 14.5 Å². The molecule has 31 heavy (non-hydrogen) atoms. The molecule has 1 saturated heterocycles. The largest absolute Gasteiger partial charge is 0.480 e. The van der Waals surface area contributed by atoms with E-state index in [0.717, 1.165) is 0 Å². The maximum atomic E-state index is 14.8. The highest BCUT2D eigenvalue weighted by Crippen LogP contribution is 2.28. The van der Waals surface area contributed by atoms with Gasteiger partial charge in [0.05, 0.1) is 19.5 Å². The average Bonchev–Trinajstić information content (AvgIpc) is 2.79. The maximum Gasteiger partial charge on any atom is 0.254 e. The quantitative estimate of drug-likeness (QED) is 0.639. The zero-order valence-electron chi connectivity index (χ0n) is 17.3. The number of halogens is 2. The number of piperazine rings is 1. The second-order valence-electron chi connectivity index (χ2n) is 7.35. The van der Waals surface area contributed by atoms with E-state index >= 15 is 0 Å². The van der Waals surface area contributed by atoms with Crippen molar-refractivity contribution in [2.45, 2.75) is 6.92 Å². The lowest BCUT2D eigenvalue weighted by Crippen LogP contribution is -2.49. The monoisotopic (exact) mass is 424 g/mol. The van der Waals surface area contributed by atoms with Gasteiger partial charge in [0.15, 0.2) is 5.82 Å². The highest BCUT2D eigenvalue weighted by Gasteiger charge is 2.24. The van der Waals surface area contributed by atoms with Crippen molar-refractivity contribution in [3.05, 3.63) is 71.6 Å². The Bertz CT molecular complexity index is 1110. The van der Waals surface area contributed by atoms with E-state index in [1.807, 2.05) is 4.90 Å². The van der Waals surface area contributed by atoms with Crippen LogP contribution in [-0.4, -0.2) is 54.1 Å². The van der Waals surface area contributed by atoms with E-state index in [-0.39, 0.29) is 17.3 Å². The molecule has 2 aromatic carbocycles. The fourth-order valence-electron chi connectivity index (χ4n) is 3.71. The number of aryl methyl sites for hydroxylation is 1. The molecular formula is C23H22F2N4O2. The molecule has 8 heteroatoms. The number of carbonyl (C=O) groups excluding carboxylic acids is 1. The van der Waals surface area contributed by atoms with Crippen molar-refractivity contribution in [1.29, 1.82) is 0 Å². The zero-order chi connectivity index (χ0) is 22.0. The van der Waals surface area contributed by atoms with Gasteiger partial charge >= 0.3 is 0 Å². The topological polar surface area (TPSA) is 58.6 Å². The van der Waals surface area contributed by atoms with Gasteiger partial charge in [-0.3, -0.25) is 9.78 Å². The van der Waals surface area contributed by atoms with Crippen LogP contribution < -0.4 is 9.64 Å². The van der Waals surface area contributed by atoms with Crippen LogP contribution in [0, 0.1) is 18.6 Å². The van der Waals surface area contributed by atoms with Gasteiger partial charge in [0.1, 0.15) is 11.6 Å². The minimum absolute atomic E-state index is 0.224. The van der Waals surface area contributed by atoms with Gasteiger partial charge in [-0.2, -0.15) is 4.98 Å². The number of benzene rings is 2. The highest BCUT2D eigenvalue weighted by molar-refractivity contribution is 5.95. The molecule has 0 aliphatic carbocycles. The highest BCUT2D eigenvalue weighted by atomic mass is 19.1. The first-order valence-corrected chi connectivity index (χ1v) is 9.92. The van der Waals surface area contributed by atoms with Crippen LogP contribution in [0.15, 0.2) is 48.8 Å². The van der Waals surface area contributed by atoms with Crippen molar-refractivity contribution in [3.8, 4) is 17.0 Å². The molecule has 4 rings (SSSR count). The molecule has 0 N–H and O–H groups in total. The number of amides is 1. The number of anilines is 1. The van der Waals surface area contributed by atoms with E-state index in [1.54, 1.807) is 36.2 Å². The molecule has 0 radical (unpaired) electrons. The molecule has 1 aromatic heterocycles. The Hall–Kier alpha value is -3.55. The van der Waals surface area contributed by atoms with Crippen molar-refractivity contribution < 1.29 is 18.3 Å². The van der Waals surface area contributed by atoms with Gasteiger partial charge in [-0.05, 0) is 42.3 Å². The SMILES string of the molecule is COc1cncc(N2CCN(C(=O)c3ccc(-c4ccc(F)cc4C)c(F)c3)CC2)n1. The van der Waals surface area contributed by atoms with Gasteiger partial charge in [0.25, 0.3) is 5.91 Å². The Morgan fingerprint density at radius 3 is 2.42 bits per heavy atom. The summed E-state index contributed by atoms with van der Waals surface area (Å²) in [5, 5.41) is 0. The fourth-order valence-corrected chi connectivity index (χ4v) is 3.71. The van der Waals surface area contributed by atoms with Crippen LogP contribution in [0.25, 0.3) is 11.1 Å². The second kappa shape index (κ2) is 8.67. The lowest BCUT2D eigenvalue weighted by molar-refractivity contribution is 0.0746. The molecule has 0 spiro atoms. The first kappa shape index (κ1) is 20.7. The first-order chi connectivity index (χ1) is 15.0. The summed E-state index contributed by atoms with van der Waals surface area (Å²) in [6.07, 6.45) is 3.19. The molecule has 0 bridgehead atoms. The third-order valence-electron chi connectivity index (χ3n) is 5.39. The molecule has 160 valence electrons. The minimum atomic E-state index is -0.508. The molecule has 1 fully saturated rings. The molecule has 6 nitrogen and oxygen atoms in total. The Balaban J connectivity index is 1.46. The second-order valence-corrected chi connectivity index (χ2v) is 7.35. The standard InChI is InChI=1S/C23H22F2N4O2/c1-15-11-17(24)4-6-18(15)19-5-3-16(12-20(19)25)23(30)29-9-7-28(8-10-29)21-13-26-14-22(27-21)31-2/h3-6,11-14H,7-10H2,1-2H3. The zero-order valence-corrected chi connectivity index (χ0v) is 17.3. The number of methoxy groups -OCH3 is 1. The van der Waals surface area contributed by atoms with Gasteiger partial charge in [0.2, 0.25) is 5.88 Å². The lowest BCUT2D eigenvalue weighted by atomic mass is 9.98. The van der Waals surface area contributed by atoms with Crippen molar-refractivity contribution in [3.63, 3.8) is 0 Å². The molecule has 0 unspecified atom stereocenters. The average molecular weight is 424 g/mol. The predicted molar refractivity (Wildman–Crippen MR) is 113 cm³/mol. The van der Waals surface area contributed by atoms with Crippen LogP contribution >= 0.6 is 0 Å². The number of carbonyl (C=O) groups is 1. The van der Waals surface area contributed by atoms with E-state index < -0.39 is 5.82 Å². The molecule has 1 aliphatic rings. The summed E-state index contributed by atoms with van der Waals surface area (Å²) >= 11 is 0. The molecule has 1 amide bonds. The Labute approximate surface area is 179 Å². The Morgan fingerprint density at radius 2 is 1.74 bits per heavy atom. The van der Waals surface area contributed by atoms with Crippen LogP contribution in [0.2, 0.25) is 0 Å². The summed E-state index contributed by atoms with van der Waals surface area (Å²) in [4.78, 5) is 25.1. The number of hydrogen-bond donors (Lipinski definition) is 0. The van der Waals surface area contributed by atoms with E-state index in [0.29, 0.717) is 54.6 Å². The summed E-state index contributed by atoms with van der Waals surface area (Å²) in [7, 11) is 1.53. The van der Waals surface area contributed by atoms with Gasteiger partial charge in [-0.1, -0.05) is 12.1 Å². The summed E-state index contributed by atoms with van der Waals surface area (Å²) < 4.78 is 33.3. The predicted octanol–water partition coefficient (Wildman–Crippen LogP) is 3.70. The third kappa shape index (κ3) is 4.33. The smallest absolute Gasteiger partial charge is 0.254 e. The van der Waals surface area contributed by atoms with E-state index in [4.69, 9.17) is 4.74 Å². The molecule has 3 aromatic rings. The molecule has 1 aliphatic heterocycles. The van der Waals surface area contributed by atoms with E-state index in [9.17, 15) is 13.6 Å². The molecule has 0 saturated carbocycles. The summed E-state index contributed by atoms with van der Waals surface area (Å²) in [6.45, 7) is 3.87. The number of nitrogens with zero attached hydrogens (tertiary/aromatic N) is 4. The van der Waals surface area contributed by atoms with Crippen molar-refractivity contribution in [2.24, 2.45) is 0 Å². The summed E-state index contributed by atoms with van der Waals surface area (Å²) in [5.74, 6) is 0.0236. The van der Waals surface area contributed by atoms with Crippen molar-refractivity contribution in [1.82, 2.24) is 14.9 Å². The number of rotatable bonds is 4. The lowest BCUT2D eigenvalue weighted by Gasteiger charge is -2.35. The van der Waals surface area contributed by atoms with Crippen LogP contribution in [0.3, 0.4) is 0 Å². The summed E-state index contributed by atoms with van der Waals surface area (Å²) in [6, 6.07) is 8.65. The van der Waals surface area contributed by atoms with Crippen LogP contribution in [0.5, 0.6) is 5.88 Å². The van der Waals surface area contributed by atoms with Crippen LogP contribution in [0.1, 0.15) is 15.9 Å². The number of hydrogen-bond acceptors (Lipinski definition) is 5. The minimum Gasteiger partial charge on any atom is -0.480 e. The van der Waals surface area contributed by atoms with Crippen molar-refractivity contribution >= 4 is 11.7 Å².